The number of methoxy groups -OCH3 is 1. The van der Waals surface area contributed by atoms with Crippen molar-refractivity contribution in [3.8, 4) is 33.7 Å². The van der Waals surface area contributed by atoms with Gasteiger partial charge in [-0.3, -0.25) is 0 Å². The molecule has 0 saturated carbocycles. The molecular formula is C52H49N3O7S. The molecule has 8 rings (SSSR count). The lowest BCUT2D eigenvalue weighted by molar-refractivity contribution is -0.268. The minimum Gasteiger partial charge on any atom is -0.467 e. The first-order valence-electron chi connectivity index (χ1n) is 21.0. The van der Waals surface area contributed by atoms with E-state index < -0.39 is 24.3 Å². The number of urea groups is 1. The maximum Gasteiger partial charge on any atom is 0.328 e. The fraction of sp³-hybridized carbons (Fsp3) is 0.212. The molecule has 5 unspecified atom stereocenters. The number of oxazole rings is 1. The zero-order valence-electron chi connectivity index (χ0n) is 35.1. The summed E-state index contributed by atoms with van der Waals surface area (Å²) in [5, 5.41) is 16.0. The molecule has 1 aromatic heterocycles. The van der Waals surface area contributed by atoms with E-state index in [2.05, 4.69) is 23.6 Å². The molecule has 0 radical (unpaired) electrons. The number of aliphatic hydroxyl groups excluding tert-OH is 1. The molecule has 7 aromatic rings. The lowest BCUT2D eigenvalue weighted by atomic mass is 9.91. The van der Waals surface area contributed by atoms with Gasteiger partial charge in [0.25, 0.3) is 5.22 Å². The smallest absolute Gasteiger partial charge is 0.328 e. The van der Waals surface area contributed by atoms with Crippen LogP contribution in [0.2, 0.25) is 0 Å². The minimum absolute atomic E-state index is 0.0414. The first-order valence-corrected chi connectivity index (χ1v) is 21.9. The summed E-state index contributed by atoms with van der Waals surface area (Å²) >= 11 is 1.52. The summed E-state index contributed by atoms with van der Waals surface area (Å²) in [7, 11) is 1.31. The number of nitrogens with zero attached hydrogens (tertiary/aromatic N) is 1. The van der Waals surface area contributed by atoms with Crippen molar-refractivity contribution in [2.75, 3.05) is 12.9 Å². The predicted molar refractivity (Wildman–Crippen MR) is 244 cm³/mol. The molecule has 0 bridgehead atoms. The average Bonchev–Trinajstić information content (AvgIpc) is 3.78. The second-order valence-corrected chi connectivity index (χ2v) is 16.4. The topological polar surface area (TPSA) is 132 Å². The monoisotopic (exact) mass is 859 g/mol. The van der Waals surface area contributed by atoms with Crippen LogP contribution in [0.5, 0.6) is 0 Å². The van der Waals surface area contributed by atoms with Gasteiger partial charge in [0.1, 0.15) is 11.7 Å². The van der Waals surface area contributed by atoms with E-state index in [4.69, 9.17) is 23.6 Å². The summed E-state index contributed by atoms with van der Waals surface area (Å²) in [5.41, 5.74) is 9.09. The SMILES string of the molecule is COC(=O)C(Cc1ccccc1)NC(=O)NCc1cccc(-c2cccc(C3OC(CSc4nc(-c5ccccc5)c(-c5ccccc5)o4)C(C)C(c4ccc(CO)cc4)O3)c2)c1. The molecule has 11 heteroatoms. The zero-order valence-corrected chi connectivity index (χ0v) is 35.9. The first-order chi connectivity index (χ1) is 30.8. The largest absolute Gasteiger partial charge is 0.467 e. The molecule has 63 heavy (non-hydrogen) atoms. The molecule has 1 saturated heterocycles. The second-order valence-electron chi connectivity index (χ2n) is 15.4. The fourth-order valence-corrected chi connectivity index (χ4v) is 8.69. The van der Waals surface area contributed by atoms with Crippen molar-refractivity contribution in [1.82, 2.24) is 15.6 Å². The van der Waals surface area contributed by atoms with Crippen LogP contribution in [0, 0.1) is 5.92 Å². The molecule has 1 aliphatic heterocycles. The van der Waals surface area contributed by atoms with Gasteiger partial charge in [0.2, 0.25) is 0 Å². The highest BCUT2D eigenvalue weighted by atomic mass is 32.2. The molecule has 0 aliphatic carbocycles. The maximum absolute atomic E-state index is 13.0. The Hall–Kier alpha value is -6.50. The number of aliphatic hydroxyl groups is 1. The van der Waals surface area contributed by atoms with E-state index in [-0.39, 0.29) is 31.3 Å². The number of benzene rings is 6. The Bertz CT molecular complexity index is 2530. The van der Waals surface area contributed by atoms with Crippen molar-refractivity contribution in [2.45, 2.75) is 56.3 Å². The van der Waals surface area contributed by atoms with Crippen molar-refractivity contribution >= 4 is 23.8 Å². The summed E-state index contributed by atoms with van der Waals surface area (Å²) in [6.07, 6.45) is -0.935. The minimum atomic E-state index is -0.835. The van der Waals surface area contributed by atoms with Crippen LogP contribution in [0.15, 0.2) is 173 Å². The van der Waals surface area contributed by atoms with Crippen molar-refractivity contribution in [2.24, 2.45) is 5.92 Å². The van der Waals surface area contributed by atoms with Gasteiger partial charge in [0.15, 0.2) is 12.1 Å². The van der Waals surface area contributed by atoms with Gasteiger partial charge in [0.05, 0.1) is 25.9 Å². The Morgan fingerprint density at radius 2 is 1.35 bits per heavy atom. The van der Waals surface area contributed by atoms with Gasteiger partial charge >= 0.3 is 12.0 Å². The third-order valence-electron chi connectivity index (χ3n) is 11.1. The van der Waals surface area contributed by atoms with Gasteiger partial charge in [-0.2, -0.15) is 0 Å². The fourth-order valence-electron chi connectivity index (χ4n) is 7.71. The van der Waals surface area contributed by atoms with Crippen LogP contribution in [0.25, 0.3) is 33.7 Å². The number of hydrogen-bond acceptors (Lipinski definition) is 9. The second kappa shape index (κ2) is 20.6. The van der Waals surface area contributed by atoms with E-state index in [1.807, 2.05) is 158 Å². The number of aromatic nitrogens is 1. The molecule has 1 fully saturated rings. The van der Waals surface area contributed by atoms with Crippen LogP contribution in [0.3, 0.4) is 0 Å². The van der Waals surface area contributed by atoms with Crippen LogP contribution >= 0.6 is 11.8 Å². The Balaban J connectivity index is 0.996. The number of nitrogens with one attached hydrogen (secondary N) is 2. The maximum atomic E-state index is 13.0. The van der Waals surface area contributed by atoms with E-state index in [9.17, 15) is 14.7 Å². The normalized spacial score (nSPS) is 17.7. The first kappa shape index (κ1) is 43.2. The number of rotatable bonds is 15. The number of amides is 2. The molecule has 0 spiro atoms. The highest BCUT2D eigenvalue weighted by molar-refractivity contribution is 7.99. The van der Waals surface area contributed by atoms with E-state index in [0.717, 1.165) is 61.5 Å². The summed E-state index contributed by atoms with van der Waals surface area (Å²) in [5.74, 6) is 0.716. The standard InChI is InChI=1S/C52H49N3O7S/c1-34-45(33-63-52-55-46(38-17-8-4-9-18-38)48(62-52)39-19-10-5-11-20-39)60-50(61-47(34)40-26-24-36(32-56)25-27-40)43-23-13-22-42(30-43)41-21-12-16-37(28-41)31-53-51(58)54-44(49(57)59-2)29-35-14-6-3-7-15-35/h3-28,30,34,44-45,47,50,56H,29,31-33H2,1-2H3,(H2,53,54,58). The Morgan fingerprint density at radius 1 is 0.714 bits per heavy atom. The zero-order chi connectivity index (χ0) is 43.5. The van der Waals surface area contributed by atoms with E-state index in [1.165, 1.54) is 18.9 Å². The van der Waals surface area contributed by atoms with E-state index in [0.29, 0.717) is 17.4 Å². The Morgan fingerprint density at radius 3 is 2.05 bits per heavy atom. The summed E-state index contributed by atoms with van der Waals surface area (Å²) in [6, 6.07) is 52.2. The lowest BCUT2D eigenvalue weighted by Crippen LogP contribution is -2.47. The molecular weight excluding hydrogens is 811 g/mol. The number of carbonyl (C=O) groups excluding carboxylic acids is 2. The molecule has 5 atom stereocenters. The van der Waals surface area contributed by atoms with Gasteiger partial charge in [-0.05, 0) is 45.5 Å². The van der Waals surface area contributed by atoms with Crippen LogP contribution < -0.4 is 10.6 Å². The quantitative estimate of drug-likeness (QED) is 0.0681. The highest BCUT2D eigenvalue weighted by Crippen LogP contribution is 2.44. The summed E-state index contributed by atoms with van der Waals surface area (Å²) < 4.78 is 25.1. The summed E-state index contributed by atoms with van der Waals surface area (Å²) in [4.78, 5) is 30.5. The van der Waals surface area contributed by atoms with Gasteiger partial charge in [-0.25, -0.2) is 14.6 Å². The van der Waals surface area contributed by atoms with E-state index >= 15 is 0 Å². The van der Waals surface area contributed by atoms with Crippen LogP contribution in [0.4, 0.5) is 4.79 Å². The van der Waals surface area contributed by atoms with Crippen LogP contribution in [-0.2, 0) is 38.6 Å². The Labute approximate surface area is 371 Å². The van der Waals surface area contributed by atoms with Gasteiger partial charge in [-0.1, -0.05) is 170 Å². The average molecular weight is 860 g/mol. The van der Waals surface area contributed by atoms with Gasteiger partial charge < -0.3 is 34.4 Å². The number of hydrogen-bond donors (Lipinski definition) is 3. The van der Waals surface area contributed by atoms with Crippen molar-refractivity contribution in [1.29, 1.82) is 0 Å². The van der Waals surface area contributed by atoms with Crippen molar-refractivity contribution < 1.29 is 33.3 Å². The lowest BCUT2D eigenvalue weighted by Gasteiger charge is -2.41. The number of thioether (sulfide) groups is 1. The molecule has 10 nitrogen and oxygen atoms in total. The third kappa shape index (κ3) is 10.8. The van der Waals surface area contributed by atoms with Crippen molar-refractivity contribution in [3.05, 3.63) is 192 Å². The molecule has 1 aliphatic rings. The summed E-state index contributed by atoms with van der Waals surface area (Å²) in [6.45, 7) is 2.34. The molecule has 3 N–H and O–H groups in total. The number of carbonyl (C=O) groups is 2. The van der Waals surface area contributed by atoms with Crippen molar-refractivity contribution in [3.63, 3.8) is 0 Å². The van der Waals surface area contributed by atoms with Crippen LogP contribution in [0.1, 0.15) is 47.1 Å². The van der Waals surface area contributed by atoms with Gasteiger partial charge in [-0.15, -0.1) is 0 Å². The third-order valence-corrected chi connectivity index (χ3v) is 12.0. The molecule has 2 amide bonds. The number of esters is 1. The van der Waals surface area contributed by atoms with E-state index in [1.54, 1.807) is 0 Å². The predicted octanol–water partition coefficient (Wildman–Crippen LogP) is 10.3. The molecule has 320 valence electrons. The number of ether oxygens (including phenoxy) is 3. The Kier molecular flexibility index (Phi) is 14.1. The molecule has 6 aromatic carbocycles. The van der Waals surface area contributed by atoms with Gasteiger partial charge in [0, 0.05) is 41.3 Å². The van der Waals surface area contributed by atoms with Crippen LogP contribution in [-0.4, -0.2) is 47.1 Å². The molecule has 2 heterocycles. The highest BCUT2D eigenvalue weighted by Gasteiger charge is 2.39.